The summed E-state index contributed by atoms with van der Waals surface area (Å²) >= 11 is 0. The molecule has 3 heterocycles. The average molecular weight is 461 g/mol. The van der Waals surface area contributed by atoms with E-state index in [9.17, 15) is 4.79 Å². The molecule has 1 spiro atoms. The Labute approximate surface area is 200 Å². The van der Waals surface area contributed by atoms with Crippen molar-refractivity contribution in [3.05, 3.63) is 51.6 Å². The number of rotatable bonds is 4. The smallest absolute Gasteiger partial charge is 0.253 e. The van der Waals surface area contributed by atoms with Gasteiger partial charge in [0.1, 0.15) is 6.04 Å². The molecule has 1 N–H and O–H groups in total. The summed E-state index contributed by atoms with van der Waals surface area (Å²) in [5.41, 5.74) is 3.15. The molecule has 0 bridgehead atoms. The number of nitrogens with zero attached hydrogens (tertiary/aromatic N) is 5. The summed E-state index contributed by atoms with van der Waals surface area (Å²) in [4.78, 5) is 19.4. The van der Waals surface area contributed by atoms with Crippen LogP contribution in [0.1, 0.15) is 99.7 Å². The summed E-state index contributed by atoms with van der Waals surface area (Å²) < 4.78 is 2.06. The van der Waals surface area contributed by atoms with E-state index >= 15 is 0 Å². The fourth-order valence-corrected chi connectivity index (χ4v) is 7.07. The van der Waals surface area contributed by atoms with Gasteiger partial charge in [-0.1, -0.05) is 50.3 Å². The van der Waals surface area contributed by atoms with E-state index < -0.39 is 0 Å². The zero-order valence-corrected chi connectivity index (χ0v) is 20.3. The number of aromatic nitrogens is 5. The number of benzene rings is 1. The van der Waals surface area contributed by atoms with Crippen molar-refractivity contribution in [2.45, 2.75) is 89.6 Å². The molecule has 2 aromatic heterocycles. The molecule has 2 aliphatic carbocycles. The molecule has 3 aromatic rings. The zero-order chi connectivity index (χ0) is 23.1. The molecule has 0 radical (unpaired) electrons. The van der Waals surface area contributed by atoms with Crippen molar-refractivity contribution in [1.29, 1.82) is 0 Å². The second-order valence-corrected chi connectivity index (χ2v) is 11.1. The molecule has 0 unspecified atom stereocenters. The monoisotopic (exact) mass is 460 g/mol. The quantitative estimate of drug-likeness (QED) is 0.588. The summed E-state index contributed by atoms with van der Waals surface area (Å²) in [6, 6.07) is 8.42. The van der Waals surface area contributed by atoms with Crippen LogP contribution in [-0.2, 0) is 0 Å². The molecular formula is C27H36N6O. The van der Waals surface area contributed by atoms with Crippen molar-refractivity contribution in [1.82, 2.24) is 30.1 Å². The predicted molar refractivity (Wildman–Crippen MR) is 133 cm³/mol. The first-order valence-corrected chi connectivity index (χ1v) is 13.3. The van der Waals surface area contributed by atoms with E-state index in [0.29, 0.717) is 11.5 Å². The number of fused-ring (bicyclic) bond motifs is 1. The van der Waals surface area contributed by atoms with Gasteiger partial charge in [0.25, 0.3) is 5.56 Å². The number of tetrazole rings is 1. The van der Waals surface area contributed by atoms with E-state index in [1.165, 1.54) is 57.8 Å². The van der Waals surface area contributed by atoms with Crippen LogP contribution in [0.5, 0.6) is 0 Å². The first-order valence-electron chi connectivity index (χ1n) is 13.3. The molecule has 0 amide bonds. The van der Waals surface area contributed by atoms with Crippen molar-refractivity contribution in [2.24, 2.45) is 5.41 Å². The van der Waals surface area contributed by atoms with Gasteiger partial charge < -0.3 is 4.98 Å². The minimum Gasteiger partial charge on any atom is -0.321 e. The number of piperidine rings is 1. The molecule has 3 aliphatic rings. The van der Waals surface area contributed by atoms with Gasteiger partial charge >= 0.3 is 0 Å². The molecule has 34 heavy (non-hydrogen) atoms. The van der Waals surface area contributed by atoms with Crippen LogP contribution in [0.2, 0.25) is 0 Å². The highest BCUT2D eigenvalue weighted by atomic mass is 16.1. The lowest BCUT2D eigenvalue weighted by Gasteiger charge is -2.47. The van der Waals surface area contributed by atoms with Crippen LogP contribution in [0.4, 0.5) is 0 Å². The van der Waals surface area contributed by atoms with Crippen molar-refractivity contribution < 1.29 is 0 Å². The standard InChI is InChI=1S/C27H36N6O/c1-19-9-7-10-20-17-22(26(34)28-23(19)20)24(25-29-30-31-33(25)21-11-3-4-12-21)32-16-8-15-27(18-32)13-5-2-6-14-27/h7,9-10,17,21,24H,2-6,8,11-16,18H2,1H3,(H,28,34)/t24-/m0/s1. The van der Waals surface area contributed by atoms with E-state index in [2.05, 4.69) is 48.3 Å². The minimum atomic E-state index is -0.219. The second kappa shape index (κ2) is 8.91. The summed E-state index contributed by atoms with van der Waals surface area (Å²) in [6.07, 6.45) is 13.8. The van der Waals surface area contributed by atoms with Gasteiger partial charge in [-0.05, 0) is 84.9 Å². The SMILES string of the molecule is Cc1cccc2cc([C@@H](c3nnnn3C3CCCC3)N3CCCC4(CCCCC4)C3)c(=O)[nH]c12. The van der Waals surface area contributed by atoms with Gasteiger partial charge in [0.2, 0.25) is 0 Å². The Kier molecular flexibility index (Phi) is 5.76. The number of para-hydroxylation sites is 1. The predicted octanol–water partition coefficient (Wildman–Crippen LogP) is 5.07. The first kappa shape index (κ1) is 22.0. The van der Waals surface area contributed by atoms with Gasteiger partial charge in [-0.25, -0.2) is 4.68 Å². The van der Waals surface area contributed by atoms with Gasteiger partial charge in [-0.3, -0.25) is 9.69 Å². The van der Waals surface area contributed by atoms with E-state index in [1.807, 2.05) is 13.0 Å². The van der Waals surface area contributed by atoms with Gasteiger partial charge in [0.15, 0.2) is 5.82 Å². The summed E-state index contributed by atoms with van der Waals surface area (Å²) in [5.74, 6) is 0.845. The van der Waals surface area contributed by atoms with Gasteiger partial charge in [0.05, 0.1) is 11.6 Å². The maximum Gasteiger partial charge on any atom is 0.253 e. The van der Waals surface area contributed by atoms with Crippen molar-refractivity contribution >= 4 is 10.9 Å². The van der Waals surface area contributed by atoms with Crippen molar-refractivity contribution in [3.63, 3.8) is 0 Å². The highest BCUT2D eigenvalue weighted by molar-refractivity contribution is 5.82. The lowest BCUT2D eigenvalue weighted by Crippen LogP contribution is -2.47. The molecule has 6 rings (SSSR count). The van der Waals surface area contributed by atoms with E-state index in [1.54, 1.807) is 0 Å². The van der Waals surface area contributed by atoms with Gasteiger partial charge in [-0.2, -0.15) is 0 Å². The van der Waals surface area contributed by atoms with Crippen LogP contribution in [0.15, 0.2) is 29.1 Å². The fourth-order valence-electron chi connectivity index (χ4n) is 7.07. The molecule has 7 nitrogen and oxygen atoms in total. The van der Waals surface area contributed by atoms with Crippen LogP contribution in [-0.4, -0.2) is 43.2 Å². The number of hydrogen-bond donors (Lipinski definition) is 1. The Balaban J connectivity index is 1.47. The Hall–Kier alpha value is -2.54. The molecule has 1 atom stereocenters. The van der Waals surface area contributed by atoms with Crippen molar-refractivity contribution in [2.75, 3.05) is 13.1 Å². The summed E-state index contributed by atoms with van der Waals surface area (Å²) in [7, 11) is 0. The molecule has 7 heteroatoms. The third-order valence-corrected chi connectivity index (χ3v) is 8.82. The molecule has 1 saturated heterocycles. The van der Waals surface area contributed by atoms with Crippen LogP contribution >= 0.6 is 0 Å². The Morgan fingerprint density at radius 1 is 1.06 bits per heavy atom. The van der Waals surface area contributed by atoms with Gasteiger partial charge in [-0.15, -0.1) is 5.10 Å². The van der Waals surface area contributed by atoms with Crippen LogP contribution in [0.3, 0.4) is 0 Å². The van der Waals surface area contributed by atoms with Crippen LogP contribution in [0.25, 0.3) is 10.9 Å². The van der Waals surface area contributed by atoms with E-state index in [4.69, 9.17) is 0 Å². The lowest BCUT2D eigenvalue weighted by atomic mass is 9.69. The summed E-state index contributed by atoms with van der Waals surface area (Å²) in [5, 5.41) is 14.3. The lowest BCUT2D eigenvalue weighted by molar-refractivity contribution is 0.0335. The van der Waals surface area contributed by atoms with Crippen LogP contribution in [0, 0.1) is 12.3 Å². The summed E-state index contributed by atoms with van der Waals surface area (Å²) in [6.45, 7) is 4.06. The maximum absolute atomic E-state index is 13.6. The third kappa shape index (κ3) is 3.88. The van der Waals surface area contributed by atoms with E-state index in [0.717, 1.165) is 53.8 Å². The van der Waals surface area contributed by atoms with E-state index in [-0.39, 0.29) is 11.6 Å². The molecule has 3 fully saturated rings. The number of aromatic amines is 1. The number of hydrogen-bond acceptors (Lipinski definition) is 5. The number of H-pyrrole nitrogens is 1. The topological polar surface area (TPSA) is 79.7 Å². The highest BCUT2D eigenvalue weighted by Gasteiger charge is 2.41. The van der Waals surface area contributed by atoms with Crippen LogP contribution < -0.4 is 5.56 Å². The maximum atomic E-state index is 13.6. The molecule has 1 aliphatic heterocycles. The van der Waals surface area contributed by atoms with Crippen molar-refractivity contribution in [3.8, 4) is 0 Å². The highest BCUT2D eigenvalue weighted by Crippen LogP contribution is 2.46. The zero-order valence-electron chi connectivity index (χ0n) is 20.3. The number of aryl methyl sites for hydroxylation is 1. The molecule has 180 valence electrons. The molecule has 1 aromatic carbocycles. The number of pyridine rings is 1. The average Bonchev–Trinajstić information content (AvgIpc) is 3.53. The largest absolute Gasteiger partial charge is 0.321 e. The Bertz CT molecular complexity index is 1210. The minimum absolute atomic E-state index is 0.0176. The number of nitrogens with one attached hydrogen (secondary N) is 1. The molecular weight excluding hydrogens is 424 g/mol. The molecule has 2 saturated carbocycles. The third-order valence-electron chi connectivity index (χ3n) is 8.82. The van der Waals surface area contributed by atoms with Gasteiger partial charge in [0, 0.05) is 12.1 Å². The Morgan fingerprint density at radius 2 is 1.85 bits per heavy atom. The fraction of sp³-hybridized carbons (Fsp3) is 0.630. The second-order valence-electron chi connectivity index (χ2n) is 11.1. The normalized spacial score (nSPS) is 22.5. The first-order chi connectivity index (χ1) is 16.6. The Morgan fingerprint density at radius 3 is 2.68 bits per heavy atom. The number of likely N-dealkylation sites (tertiary alicyclic amines) is 1.